The number of nitrogens with zero attached hydrogens (tertiary/aromatic N) is 1. The van der Waals surface area contributed by atoms with E-state index in [1.807, 2.05) is 23.6 Å². The summed E-state index contributed by atoms with van der Waals surface area (Å²) in [5.41, 5.74) is 1.96. The fourth-order valence-electron chi connectivity index (χ4n) is 2.39. The third-order valence-electron chi connectivity index (χ3n) is 3.55. The molecule has 1 unspecified atom stereocenters. The topological polar surface area (TPSA) is 60.8 Å². The van der Waals surface area contributed by atoms with Crippen molar-refractivity contribution < 1.29 is 19.2 Å². The van der Waals surface area contributed by atoms with Crippen molar-refractivity contribution in [2.24, 2.45) is 0 Å². The monoisotopic (exact) mass is 305 g/mol. The second-order valence-corrected chi connectivity index (χ2v) is 5.73. The molecule has 0 amide bonds. The highest BCUT2D eigenvalue weighted by molar-refractivity contribution is 7.13. The quantitative estimate of drug-likeness (QED) is 0.879. The minimum absolute atomic E-state index is 0.171. The van der Waals surface area contributed by atoms with Crippen molar-refractivity contribution in [3.8, 4) is 22.1 Å². The Balaban J connectivity index is 1.86. The molecule has 0 spiro atoms. The molecule has 1 saturated heterocycles. The number of methoxy groups -OCH3 is 2. The molecule has 2 heterocycles. The fraction of sp³-hybridized carbons (Fsp3) is 0.357. The Morgan fingerprint density at radius 2 is 2.14 bits per heavy atom. The molecular formula is C14H16BNO4S. The maximum atomic E-state index is 9.43. The lowest BCUT2D eigenvalue weighted by molar-refractivity contribution is 0.291. The summed E-state index contributed by atoms with van der Waals surface area (Å²) in [4.78, 5) is 4.66. The van der Waals surface area contributed by atoms with Gasteiger partial charge in [-0.15, -0.1) is 11.3 Å². The molecule has 0 aliphatic carbocycles. The lowest BCUT2D eigenvalue weighted by Gasteiger charge is -2.08. The Hall–Kier alpha value is -1.57. The number of rotatable bonds is 4. The highest BCUT2D eigenvalue weighted by Gasteiger charge is 2.31. The van der Waals surface area contributed by atoms with E-state index in [0.717, 1.165) is 16.3 Å². The summed E-state index contributed by atoms with van der Waals surface area (Å²) in [6, 6.07) is 5.75. The van der Waals surface area contributed by atoms with Gasteiger partial charge < -0.3 is 19.2 Å². The van der Waals surface area contributed by atoms with Crippen LogP contribution in [-0.2, 0) is 4.65 Å². The SMILES string of the molecule is COc1ccc(-c2nc(C3COB(O)C3)cs2)cc1OC. The fourth-order valence-corrected chi connectivity index (χ4v) is 3.29. The number of hydrogen-bond donors (Lipinski definition) is 1. The summed E-state index contributed by atoms with van der Waals surface area (Å²) >= 11 is 1.58. The lowest BCUT2D eigenvalue weighted by atomic mass is 9.81. The Bertz CT molecular complexity index is 633. The van der Waals surface area contributed by atoms with Gasteiger partial charge >= 0.3 is 7.12 Å². The molecule has 2 aromatic rings. The summed E-state index contributed by atoms with van der Waals surface area (Å²) in [7, 11) is 2.57. The second kappa shape index (κ2) is 6.05. The second-order valence-electron chi connectivity index (χ2n) is 4.87. The Morgan fingerprint density at radius 1 is 1.33 bits per heavy atom. The molecule has 3 rings (SSSR count). The van der Waals surface area contributed by atoms with Crippen LogP contribution >= 0.6 is 11.3 Å². The maximum Gasteiger partial charge on any atom is 0.454 e. The number of benzene rings is 1. The third-order valence-corrected chi connectivity index (χ3v) is 4.46. The van der Waals surface area contributed by atoms with Crippen LogP contribution in [0.2, 0.25) is 6.32 Å². The number of thiazole rings is 1. The number of aromatic nitrogens is 1. The summed E-state index contributed by atoms with van der Waals surface area (Å²) in [6.07, 6.45) is 0.606. The van der Waals surface area contributed by atoms with Crippen molar-refractivity contribution in [2.45, 2.75) is 12.2 Å². The molecule has 0 radical (unpaired) electrons. The van der Waals surface area contributed by atoms with Gasteiger partial charge in [0.15, 0.2) is 11.5 Å². The van der Waals surface area contributed by atoms with Crippen LogP contribution in [0.25, 0.3) is 10.6 Å². The van der Waals surface area contributed by atoms with Gasteiger partial charge in [-0.05, 0) is 24.5 Å². The van der Waals surface area contributed by atoms with E-state index in [0.29, 0.717) is 24.4 Å². The van der Waals surface area contributed by atoms with Gasteiger partial charge in [-0.25, -0.2) is 4.98 Å². The Kier molecular flexibility index (Phi) is 4.14. The van der Waals surface area contributed by atoms with Crippen molar-refractivity contribution in [2.75, 3.05) is 20.8 Å². The highest BCUT2D eigenvalue weighted by Crippen LogP contribution is 2.36. The van der Waals surface area contributed by atoms with E-state index in [-0.39, 0.29) is 5.92 Å². The zero-order valence-electron chi connectivity index (χ0n) is 11.9. The molecule has 7 heteroatoms. The van der Waals surface area contributed by atoms with Crippen LogP contribution in [0.4, 0.5) is 0 Å². The molecule has 1 aliphatic heterocycles. The first-order chi connectivity index (χ1) is 10.2. The third kappa shape index (κ3) is 2.90. The van der Waals surface area contributed by atoms with Crippen LogP contribution in [0.5, 0.6) is 11.5 Å². The van der Waals surface area contributed by atoms with Crippen LogP contribution in [-0.4, -0.2) is 38.0 Å². The van der Waals surface area contributed by atoms with Crippen molar-refractivity contribution in [3.05, 3.63) is 29.3 Å². The summed E-state index contributed by atoms with van der Waals surface area (Å²) in [5.74, 6) is 1.56. The van der Waals surface area contributed by atoms with Gasteiger partial charge in [-0.2, -0.15) is 0 Å². The van der Waals surface area contributed by atoms with Gasteiger partial charge in [0, 0.05) is 23.5 Å². The van der Waals surface area contributed by atoms with Crippen LogP contribution in [0.15, 0.2) is 23.6 Å². The number of ether oxygens (including phenoxy) is 2. The molecule has 5 nitrogen and oxygen atoms in total. The molecule has 21 heavy (non-hydrogen) atoms. The molecule has 1 aromatic heterocycles. The molecule has 1 N–H and O–H groups in total. The van der Waals surface area contributed by atoms with Crippen LogP contribution in [0, 0.1) is 0 Å². The predicted octanol–water partition coefficient (Wildman–Crippen LogP) is 2.42. The summed E-state index contributed by atoms with van der Waals surface area (Å²) in [5, 5.41) is 12.4. The van der Waals surface area contributed by atoms with E-state index in [9.17, 15) is 5.02 Å². The summed E-state index contributed by atoms with van der Waals surface area (Å²) < 4.78 is 15.7. The van der Waals surface area contributed by atoms with E-state index in [2.05, 4.69) is 4.98 Å². The smallest absolute Gasteiger partial charge is 0.454 e. The first kappa shape index (κ1) is 14.4. The van der Waals surface area contributed by atoms with Gasteiger partial charge in [0.25, 0.3) is 0 Å². The van der Waals surface area contributed by atoms with E-state index < -0.39 is 7.12 Å². The van der Waals surface area contributed by atoms with Crippen molar-refractivity contribution >= 4 is 18.5 Å². The minimum Gasteiger partial charge on any atom is -0.493 e. The minimum atomic E-state index is -0.666. The van der Waals surface area contributed by atoms with Gasteiger partial charge in [0.1, 0.15) is 5.01 Å². The normalized spacial score (nSPS) is 18.0. The van der Waals surface area contributed by atoms with Crippen LogP contribution in [0.1, 0.15) is 11.6 Å². The molecule has 1 atom stereocenters. The standard InChI is InChI=1S/C14H16BNO4S/c1-18-12-4-3-9(5-13(12)19-2)14-16-11(8-21-14)10-6-15(17)20-7-10/h3-5,8,10,17H,6-7H2,1-2H3. The van der Waals surface area contributed by atoms with E-state index in [1.54, 1.807) is 25.6 Å². The molecule has 0 bridgehead atoms. The molecule has 1 aliphatic rings. The molecule has 1 fully saturated rings. The summed E-state index contributed by atoms with van der Waals surface area (Å²) in [6.45, 7) is 0.524. The first-order valence-electron chi connectivity index (χ1n) is 6.68. The molecule has 0 saturated carbocycles. The van der Waals surface area contributed by atoms with Crippen LogP contribution < -0.4 is 9.47 Å². The van der Waals surface area contributed by atoms with Gasteiger partial charge in [0.05, 0.1) is 19.9 Å². The predicted molar refractivity (Wildman–Crippen MR) is 82.1 cm³/mol. The van der Waals surface area contributed by atoms with Gasteiger partial charge in [-0.3, -0.25) is 0 Å². The molecular weight excluding hydrogens is 289 g/mol. The molecule has 1 aromatic carbocycles. The zero-order valence-corrected chi connectivity index (χ0v) is 12.7. The Morgan fingerprint density at radius 3 is 2.81 bits per heavy atom. The number of hydrogen-bond acceptors (Lipinski definition) is 6. The van der Waals surface area contributed by atoms with Crippen molar-refractivity contribution in [3.63, 3.8) is 0 Å². The van der Waals surface area contributed by atoms with E-state index in [1.165, 1.54) is 0 Å². The largest absolute Gasteiger partial charge is 0.493 e. The van der Waals surface area contributed by atoms with Gasteiger partial charge in [0.2, 0.25) is 0 Å². The Labute approximate surface area is 127 Å². The van der Waals surface area contributed by atoms with Crippen molar-refractivity contribution in [1.29, 1.82) is 0 Å². The van der Waals surface area contributed by atoms with E-state index in [4.69, 9.17) is 14.1 Å². The first-order valence-corrected chi connectivity index (χ1v) is 7.56. The average Bonchev–Trinajstić information content (AvgIpc) is 3.15. The maximum absolute atomic E-state index is 9.43. The van der Waals surface area contributed by atoms with Crippen molar-refractivity contribution in [1.82, 2.24) is 4.98 Å². The average molecular weight is 305 g/mol. The van der Waals surface area contributed by atoms with E-state index >= 15 is 0 Å². The van der Waals surface area contributed by atoms with Crippen LogP contribution in [0.3, 0.4) is 0 Å². The molecule has 110 valence electrons. The highest BCUT2D eigenvalue weighted by atomic mass is 32.1. The zero-order chi connectivity index (χ0) is 14.8. The van der Waals surface area contributed by atoms with Gasteiger partial charge in [-0.1, -0.05) is 0 Å². The lowest BCUT2D eigenvalue weighted by Crippen LogP contribution is -2.07.